The molecule has 2 amide bonds. The van der Waals surface area contributed by atoms with Crippen molar-refractivity contribution in [3.63, 3.8) is 0 Å². The number of rotatable bonds is 46. The van der Waals surface area contributed by atoms with Crippen molar-refractivity contribution in [2.45, 2.75) is 353 Å². The van der Waals surface area contributed by atoms with E-state index in [1.165, 1.54) is 96.3 Å². The number of hydrogen-bond acceptors (Lipinski definition) is 28. The van der Waals surface area contributed by atoms with E-state index in [9.17, 15) is 91.3 Å². The molecule has 27 atom stereocenters. The Labute approximate surface area is 564 Å². The lowest BCUT2D eigenvalue weighted by atomic mass is 9.94. The summed E-state index contributed by atoms with van der Waals surface area (Å²) in [7, 11) is 0. The van der Waals surface area contributed by atoms with Gasteiger partial charge in [0.2, 0.25) is 11.8 Å². The van der Waals surface area contributed by atoms with Crippen molar-refractivity contribution in [3.8, 4) is 0 Å². The minimum atomic E-state index is -2.18. The highest BCUT2D eigenvalue weighted by molar-refractivity contribution is 5.76. The third-order valence-electron chi connectivity index (χ3n) is 18.7. The molecule has 0 aromatic heterocycles. The zero-order chi connectivity index (χ0) is 70.3. The fourth-order valence-corrected chi connectivity index (χ4v) is 12.8. The van der Waals surface area contributed by atoms with E-state index in [-0.39, 0.29) is 12.3 Å². The van der Waals surface area contributed by atoms with Crippen molar-refractivity contribution in [2.24, 2.45) is 0 Å². The Kier molecular flexibility index (Phi) is 40.0. The largest absolute Gasteiger partial charge is 0.394 e. The average Bonchev–Trinajstić information content (AvgIpc) is 0.776. The number of nitrogens with one attached hydrogen (secondary N) is 2. The molecule has 30 nitrogen and oxygen atoms in total. The van der Waals surface area contributed by atoms with Gasteiger partial charge in [0, 0.05) is 13.3 Å². The van der Waals surface area contributed by atoms with Crippen LogP contribution in [-0.4, -0.2) is 299 Å². The zero-order valence-electron chi connectivity index (χ0n) is 56.4. The Hall–Kier alpha value is -2.36. The second-order valence-electron chi connectivity index (χ2n) is 26.4. The van der Waals surface area contributed by atoms with Crippen LogP contribution in [0.3, 0.4) is 0 Å². The summed E-state index contributed by atoms with van der Waals surface area (Å²) in [6.07, 6.45) is -14.7. The molecule has 5 heterocycles. The minimum Gasteiger partial charge on any atom is -0.394 e. The quantitative estimate of drug-likeness (QED) is 0.0252. The molecule has 5 saturated heterocycles. The van der Waals surface area contributed by atoms with E-state index < -0.39 is 211 Å². The number of aliphatic hydroxyl groups is 16. The maximum atomic E-state index is 13.4. The summed E-state index contributed by atoms with van der Waals surface area (Å²) < 4.78 is 58.5. The molecule has 0 aromatic rings. The maximum absolute atomic E-state index is 13.4. The number of aliphatic hydroxyl groups excluding tert-OH is 16. The van der Waals surface area contributed by atoms with Crippen LogP contribution in [0.5, 0.6) is 0 Å². The van der Waals surface area contributed by atoms with Crippen LogP contribution >= 0.6 is 0 Å². The first-order chi connectivity index (χ1) is 46.2. The van der Waals surface area contributed by atoms with Gasteiger partial charge < -0.3 is 140 Å². The summed E-state index contributed by atoms with van der Waals surface area (Å²) >= 11 is 0. The van der Waals surface area contributed by atoms with E-state index >= 15 is 0 Å². The van der Waals surface area contributed by atoms with E-state index in [2.05, 4.69) is 24.5 Å². The lowest BCUT2D eigenvalue weighted by Gasteiger charge is -2.50. The molecule has 562 valence electrons. The van der Waals surface area contributed by atoms with E-state index in [4.69, 9.17) is 47.4 Å². The van der Waals surface area contributed by atoms with Crippen LogP contribution in [0.15, 0.2) is 12.2 Å². The third-order valence-corrected chi connectivity index (χ3v) is 18.7. The Balaban J connectivity index is 1.24. The molecule has 0 aliphatic carbocycles. The highest BCUT2D eigenvalue weighted by atomic mass is 16.8. The van der Waals surface area contributed by atoms with Crippen molar-refractivity contribution >= 4 is 11.8 Å². The molecule has 5 aliphatic heterocycles. The number of carbonyl (C=O) groups excluding carboxylic acids is 2. The van der Waals surface area contributed by atoms with Crippen LogP contribution in [0.1, 0.15) is 188 Å². The smallest absolute Gasteiger partial charge is 0.220 e. The van der Waals surface area contributed by atoms with Crippen LogP contribution in [0.4, 0.5) is 0 Å². The number of hydrogen-bond donors (Lipinski definition) is 18. The average molecular weight is 1390 g/mol. The van der Waals surface area contributed by atoms with Crippen molar-refractivity contribution < 1.29 is 139 Å². The summed E-state index contributed by atoms with van der Waals surface area (Å²) in [5, 5.41) is 181. The second-order valence-corrected chi connectivity index (χ2v) is 26.4. The number of carbonyl (C=O) groups is 2. The van der Waals surface area contributed by atoms with Gasteiger partial charge in [0.05, 0.1) is 51.8 Å². The predicted molar refractivity (Wildman–Crippen MR) is 340 cm³/mol. The van der Waals surface area contributed by atoms with Crippen LogP contribution in [-0.2, 0) is 57.0 Å². The maximum Gasteiger partial charge on any atom is 0.220 e. The molecule has 96 heavy (non-hydrogen) atoms. The summed E-state index contributed by atoms with van der Waals surface area (Å²) in [6.45, 7) is 0.263. The topological polar surface area (TPSA) is 474 Å². The molecular weight excluding hydrogens is 1270 g/mol. The van der Waals surface area contributed by atoms with Gasteiger partial charge in [-0.15, -0.1) is 0 Å². The molecule has 0 spiro atoms. The highest BCUT2D eigenvalue weighted by Crippen LogP contribution is 2.37. The molecule has 30 heteroatoms. The van der Waals surface area contributed by atoms with Gasteiger partial charge in [0.1, 0.15) is 122 Å². The Morgan fingerprint density at radius 2 is 0.771 bits per heavy atom. The first-order valence-electron chi connectivity index (χ1n) is 35.5. The molecule has 0 bridgehead atoms. The van der Waals surface area contributed by atoms with E-state index in [1.807, 2.05) is 6.08 Å². The van der Waals surface area contributed by atoms with E-state index in [0.29, 0.717) is 12.8 Å². The normalized spacial score (nSPS) is 36.6. The van der Waals surface area contributed by atoms with Gasteiger partial charge in [0.25, 0.3) is 0 Å². The summed E-state index contributed by atoms with van der Waals surface area (Å²) in [5.74, 6) is -1.18. The first-order valence-corrected chi connectivity index (χ1v) is 35.5. The fourth-order valence-electron chi connectivity index (χ4n) is 12.8. The molecule has 10 unspecified atom stereocenters. The molecular formula is C66H120N2O28. The van der Waals surface area contributed by atoms with Gasteiger partial charge in [-0.05, 0) is 19.3 Å². The lowest BCUT2D eigenvalue weighted by Crippen LogP contribution is -2.70. The van der Waals surface area contributed by atoms with Crippen LogP contribution in [0.25, 0.3) is 0 Å². The number of allylic oxidation sites excluding steroid dienone is 1. The summed E-state index contributed by atoms with van der Waals surface area (Å²) in [6, 6.07) is -2.83. The molecule has 0 saturated carbocycles. The minimum absolute atomic E-state index is 0.189. The van der Waals surface area contributed by atoms with E-state index in [0.717, 1.165) is 58.3 Å². The van der Waals surface area contributed by atoms with Gasteiger partial charge in [-0.1, -0.05) is 167 Å². The number of unbranched alkanes of at least 4 members (excludes halogenated alkanes) is 23. The SMILES string of the molecule is CCCCCCCCCCCCC/C=C/[C@@H](O)[C@H](CO[C@@H]1OC(CO)[C@@H](O[C@@H]2OC(CO)[C@H](O)[C@H](O[C@@H]3OC(CO)[C@@H](O)[C@H](O[C@@H]4OC(CO)[C@H](O)[C@H](O[C@H]5OC(CO)[C@H](O)[C@H](O)C5O)C4O)C3NC(C)=O)C2O)[C@H](O)C1O)NC(=O)CCCCCCCCCCCCCCC. The molecule has 0 radical (unpaired) electrons. The first kappa shape index (κ1) is 84.3. The van der Waals surface area contributed by atoms with Gasteiger partial charge in [-0.3, -0.25) is 9.59 Å². The Bertz CT molecular complexity index is 2110. The summed E-state index contributed by atoms with van der Waals surface area (Å²) in [5.41, 5.74) is 0. The third kappa shape index (κ3) is 25.9. The highest BCUT2D eigenvalue weighted by Gasteiger charge is 2.57. The number of ether oxygens (including phenoxy) is 10. The monoisotopic (exact) mass is 1390 g/mol. The molecule has 5 rings (SSSR count). The van der Waals surface area contributed by atoms with Gasteiger partial charge >= 0.3 is 0 Å². The van der Waals surface area contributed by atoms with Crippen molar-refractivity contribution in [1.82, 2.24) is 10.6 Å². The van der Waals surface area contributed by atoms with Gasteiger partial charge in [-0.25, -0.2) is 0 Å². The van der Waals surface area contributed by atoms with Gasteiger partial charge in [0.15, 0.2) is 31.5 Å². The molecule has 5 fully saturated rings. The Morgan fingerprint density at radius 3 is 1.23 bits per heavy atom. The molecule has 5 aliphatic rings. The van der Waals surface area contributed by atoms with Crippen molar-refractivity contribution in [2.75, 3.05) is 39.6 Å². The van der Waals surface area contributed by atoms with Crippen molar-refractivity contribution in [1.29, 1.82) is 0 Å². The zero-order valence-corrected chi connectivity index (χ0v) is 56.4. The predicted octanol–water partition coefficient (Wildman–Crippen LogP) is -1.17. The van der Waals surface area contributed by atoms with Crippen molar-refractivity contribution in [3.05, 3.63) is 12.2 Å². The van der Waals surface area contributed by atoms with E-state index in [1.54, 1.807) is 6.08 Å². The van der Waals surface area contributed by atoms with Crippen LogP contribution in [0, 0.1) is 0 Å². The standard InChI is InChI=1S/C66H120N2O28/c1-4-6-8-10-12-14-16-18-20-22-24-26-28-30-40(75)39(68-46(76)31-29-27-25-23-21-19-17-15-13-11-9-7-5-2)37-87-63-55(84)53(82)58(45(36-73)92-63)93-65-56(85)60(50(79)43(34-71)90-65)95-62-47(67-38(3)74)59(49(78)42(33-70)88-62)94-66-57(86)61(51(80)44(35-72)91-66)96-64-54(83)52(81)48(77)41(32-69)89-64/h28,30,39-45,47-66,69-73,75,77-86H,4-27,29,31-37H2,1-3H3,(H,67,74)(H,68,76)/b30-28+/t39-,40+,41?,42?,43?,44?,45?,47?,48-,49+,50-,51-,52-,53+,54?,55?,56?,57?,58+,59+,60-,61-,62-,63+,64+,65-,66-/m0/s1. The fraction of sp³-hybridized carbons (Fsp3) is 0.939. The summed E-state index contributed by atoms with van der Waals surface area (Å²) in [4.78, 5) is 26.4. The van der Waals surface area contributed by atoms with Crippen LogP contribution < -0.4 is 10.6 Å². The van der Waals surface area contributed by atoms with Crippen LogP contribution in [0.2, 0.25) is 0 Å². The van der Waals surface area contributed by atoms with Gasteiger partial charge in [-0.2, -0.15) is 0 Å². The molecule has 18 N–H and O–H groups in total. The molecule has 0 aromatic carbocycles. The Morgan fingerprint density at radius 1 is 0.406 bits per heavy atom. The number of amides is 2. The lowest BCUT2D eigenvalue weighted by molar-refractivity contribution is -0.386. The second kappa shape index (κ2) is 45.6.